The van der Waals surface area contributed by atoms with Crippen molar-refractivity contribution in [2.45, 2.75) is 0 Å². The summed E-state index contributed by atoms with van der Waals surface area (Å²) in [6.45, 7) is 6.45. The fourth-order valence-corrected chi connectivity index (χ4v) is 1.57. The van der Waals surface area contributed by atoms with E-state index in [1.807, 2.05) is 0 Å². The second kappa shape index (κ2) is 10.8. The molecule has 11 heteroatoms. The van der Waals surface area contributed by atoms with Gasteiger partial charge in [0.15, 0.2) is 4.31 Å². The molecule has 0 saturated heterocycles. The van der Waals surface area contributed by atoms with Crippen LogP contribution in [0, 0.1) is 0 Å². The molecule has 0 aromatic rings. The van der Waals surface area contributed by atoms with Gasteiger partial charge in [0.05, 0.1) is 6.16 Å². The van der Waals surface area contributed by atoms with Gasteiger partial charge in [-0.25, -0.2) is 0 Å². The lowest BCUT2D eigenvalue weighted by Gasteiger charge is -1.94. The minimum absolute atomic E-state index is 0.0262. The van der Waals surface area contributed by atoms with E-state index in [9.17, 15) is 13.7 Å². The zero-order valence-electron chi connectivity index (χ0n) is 8.71. The van der Waals surface area contributed by atoms with Crippen molar-refractivity contribution in [3.8, 4) is 0 Å². The Morgan fingerprint density at radius 3 is 2.00 bits per heavy atom. The van der Waals surface area contributed by atoms with E-state index < -0.39 is 24.1 Å². The van der Waals surface area contributed by atoms with Crippen LogP contribution in [0.3, 0.4) is 0 Å². The summed E-state index contributed by atoms with van der Waals surface area (Å²) >= 11 is 0. The van der Waals surface area contributed by atoms with Crippen molar-refractivity contribution in [3.63, 3.8) is 0 Å². The Balaban J connectivity index is 0. The monoisotopic (exact) mass is 306 g/mol. The van der Waals surface area contributed by atoms with Crippen molar-refractivity contribution in [1.82, 2.24) is 0 Å². The first-order chi connectivity index (χ1) is 7.72. The van der Waals surface area contributed by atoms with Crippen LogP contribution >= 0.6 is 24.1 Å². The standard InChI is InChI=1S/C3H5O5P2.C3H7O3P/c1-2-3-7-10(6)8-9(4)5;1-2-3-7(4,5)6/h2H,1,3H2;2H,1,3H2,(H2,4,5,6)/q+1;/p+1. The van der Waals surface area contributed by atoms with Crippen LogP contribution in [0.15, 0.2) is 25.3 Å². The van der Waals surface area contributed by atoms with E-state index in [1.165, 1.54) is 12.2 Å². The highest BCUT2D eigenvalue weighted by atomic mass is 31.2. The molecule has 0 radical (unpaired) electrons. The van der Waals surface area contributed by atoms with Crippen LogP contribution in [0.25, 0.3) is 0 Å². The summed E-state index contributed by atoms with van der Waals surface area (Å²) in [4.78, 5) is 24.1. The summed E-state index contributed by atoms with van der Waals surface area (Å²) in [5.41, 5.74) is 0. The minimum atomic E-state index is -3.78. The SMILES string of the molecule is C=CCO[P+](=O)O[P+](=O)O.C=CCP(=O)(O)O. The fraction of sp³-hybridized carbons (Fsp3) is 0.333. The van der Waals surface area contributed by atoms with E-state index in [1.54, 1.807) is 0 Å². The zero-order valence-corrected chi connectivity index (χ0v) is 11.4. The second-order valence-corrected chi connectivity index (χ2v) is 5.79. The Kier molecular flexibility index (Phi) is 12.2. The maximum atomic E-state index is 10.3. The quantitative estimate of drug-likeness (QED) is 0.480. The highest BCUT2D eigenvalue weighted by molar-refractivity contribution is 7.51. The Hall–Kier alpha value is -0.290. The predicted octanol–water partition coefficient (Wildman–Crippen LogP) is 1.86. The van der Waals surface area contributed by atoms with E-state index in [0.29, 0.717) is 0 Å². The van der Waals surface area contributed by atoms with Crippen molar-refractivity contribution in [2.24, 2.45) is 0 Å². The van der Waals surface area contributed by atoms with Gasteiger partial charge in [-0.3, -0.25) is 4.57 Å². The molecule has 0 aliphatic heterocycles. The summed E-state index contributed by atoms with van der Waals surface area (Å²) < 4.78 is 38.2. The van der Waals surface area contributed by atoms with Gasteiger partial charge in [-0.15, -0.1) is 22.6 Å². The molecule has 0 aromatic heterocycles. The lowest BCUT2D eigenvalue weighted by atomic mass is 10.7. The van der Waals surface area contributed by atoms with E-state index in [-0.39, 0.29) is 12.8 Å². The highest BCUT2D eigenvalue weighted by Crippen LogP contribution is 2.35. The third-order valence-corrected chi connectivity index (χ3v) is 2.99. The van der Waals surface area contributed by atoms with Gasteiger partial charge >= 0.3 is 24.1 Å². The zero-order chi connectivity index (χ0) is 13.9. The Morgan fingerprint density at radius 2 is 1.76 bits per heavy atom. The average molecular weight is 306 g/mol. The van der Waals surface area contributed by atoms with E-state index >= 15 is 0 Å². The normalized spacial score (nSPS) is 11.9. The number of hydrogen-bond acceptors (Lipinski definition) is 5. The molecule has 0 aliphatic carbocycles. The Labute approximate surface area is 100 Å². The maximum absolute atomic E-state index is 10.3. The van der Waals surface area contributed by atoms with Crippen LogP contribution in [0.1, 0.15) is 0 Å². The van der Waals surface area contributed by atoms with Crippen molar-refractivity contribution in [1.29, 1.82) is 0 Å². The molecule has 0 bridgehead atoms. The largest absolute Gasteiger partial charge is 0.748 e. The van der Waals surface area contributed by atoms with E-state index in [0.717, 1.165) is 0 Å². The first-order valence-electron chi connectivity index (χ1n) is 3.93. The molecule has 0 heterocycles. The van der Waals surface area contributed by atoms with Crippen LogP contribution in [-0.4, -0.2) is 27.4 Å². The van der Waals surface area contributed by atoms with Gasteiger partial charge < -0.3 is 9.79 Å². The molecule has 0 aromatic carbocycles. The topological polar surface area (TPSA) is 130 Å². The Morgan fingerprint density at radius 1 is 1.24 bits per heavy atom. The third kappa shape index (κ3) is 21.5. The molecule has 0 rings (SSSR count). The van der Waals surface area contributed by atoms with Crippen molar-refractivity contribution >= 4 is 24.1 Å². The van der Waals surface area contributed by atoms with Crippen molar-refractivity contribution in [2.75, 3.05) is 12.8 Å². The number of hydrogen-bond donors (Lipinski definition) is 3. The predicted molar refractivity (Wildman–Crippen MR) is 61.8 cm³/mol. The molecule has 98 valence electrons. The van der Waals surface area contributed by atoms with Gasteiger partial charge in [0.2, 0.25) is 0 Å². The van der Waals surface area contributed by atoms with Gasteiger partial charge in [-0.05, 0) is 0 Å². The smallest absolute Gasteiger partial charge is 0.324 e. The van der Waals surface area contributed by atoms with Crippen LogP contribution < -0.4 is 0 Å². The molecule has 0 saturated carbocycles. The summed E-state index contributed by atoms with van der Waals surface area (Å²) in [5, 5.41) is 0. The van der Waals surface area contributed by atoms with Crippen molar-refractivity contribution < 1.29 is 37.2 Å². The van der Waals surface area contributed by atoms with Gasteiger partial charge in [0.1, 0.15) is 6.61 Å². The molecule has 0 aliphatic rings. The maximum Gasteiger partial charge on any atom is 0.748 e. The molecular formula is C6H13O8P3+2. The van der Waals surface area contributed by atoms with Gasteiger partial charge in [-0.2, -0.15) is 0 Å². The van der Waals surface area contributed by atoms with Gasteiger partial charge in [0, 0.05) is 9.13 Å². The molecule has 8 nitrogen and oxygen atoms in total. The molecule has 0 spiro atoms. The minimum Gasteiger partial charge on any atom is -0.324 e. The Bertz CT molecular complexity index is 321. The van der Waals surface area contributed by atoms with Crippen LogP contribution in [0.4, 0.5) is 0 Å². The highest BCUT2D eigenvalue weighted by Gasteiger charge is 2.35. The lowest BCUT2D eigenvalue weighted by Crippen LogP contribution is -1.78. The van der Waals surface area contributed by atoms with Gasteiger partial charge in [-0.1, -0.05) is 12.2 Å². The molecular weight excluding hydrogens is 293 g/mol. The average Bonchev–Trinajstić information content (AvgIpc) is 2.12. The van der Waals surface area contributed by atoms with Crippen LogP contribution in [-0.2, 0) is 22.5 Å². The summed E-state index contributed by atoms with van der Waals surface area (Å²) in [6.07, 6.45) is 2.31. The van der Waals surface area contributed by atoms with Crippen molar-refractivity contribution in [3.05, 3.63) is 25.3 Å². The van der Waals surface area contributed by atoms with Crippen LogP contribution in [0.2, 0.25) is 0 Å². The first kappa shape index (κ1) is 19.1. The van der Waals surface area contributed by atoms with E-state index in [2.05, 4.69) is 22.0 Å². The summed E-state index contributed by atoms with van der Waals surface area (Å²) in [5.74, 6) is 0. The number of allylic oxidation sites excluding steroid dienone is 1. The molecule has 2 unspecified atom stereocenters. The third-order valence-electron chi connectivity index (χ3n) is 0.801. The number of rotatable bonds is 7. The molecule has 0 amide bonds. The molecule has 3 N–H and O–H groups in total. The summed E-state index contributed by atoms with van der Waals surface area (Å²) in [7, 11) is -9.11. The first-order valence-corrected chi connectivity index (χ1v) is 7.96. The molecule has 17 heavy (non-hydrogen) atoms. The summed E-state index contributed by atoms with van der Waals surface area (Å²) in [6, 6.07) is 0. The second-order valence-electron chi connectivity index (χ2n) is 2.26. The fourth-order valence-electron chi connectivity index (χ4n) is 0.362. The molecule has 0 fully saturated rings. The van der Waals surface area contributed by atoms with E-state index in [4.69, 9.17) is 14.7 Å². The molecule has 2 atom stereocenters. The van der Waals surface area contributed by atoms with Gasteiger partial charge in [0.25, 0.3) is 0 Å². The lowest BCUT2D eigenvalue weighted by molar-refractivity contribution is 0.307. The van der Waals surface area contributed by atoms with Crippen LogP contribution in [0.5, 0.6) is 0 Å².